The smallest absolute Gasteiger partial charge is 0.407 e. The average molecular weight is 493 g/mol. The Labute approximate surface area is 210 Å². The molecular formula is C27H32N4O5. The van der Waals surface area contributed by atoms with E-state index in [4.69, 9.17) is 0 Å². The van der Waals surface area contributed by atoms with Gasteiger partial charge in [-0.25, -0.2) is 9.78 Å². The van der Waals surface area contributed by atoms with Gasteiger partial charge in [-0.1, -0.05) is 56.3 Å². The third-order valence-corrected chi connectivity index (χ3v) is 6.62. The van der Waals surface area contributed by atoms with Crippen LogP contribution in [0.25, 0.3) is 11.0 Å². The highest BCUT2D eigenvalue weighted by Crippen LogP contribution is 2.26. The number of likely N-dealkylation sites (tertiary alicyclic amines) is 1. The van der Waals surface area contributed by atoms with Crippen molar-refractivity contribution < 1.29 is 24.6 Å². The van der Waals surface area contributed by atoms with Crippen molar-refractivity contribution in [1.29, 1.82) is 0 Å². The lowest BCUT2D eigenvalue weighted by Gasteiger charge is -2.41. The number of carboxylic acid groups (broad SMARTS) is 2. The number of carbonyl (C=O) groups is 3. The Hall–Kier alpha value is -3.88. The van der Waals surface area contributed by atoms with E-state index < -0.39 is 24.0 Å². The van der Waals surface area contributed by atoms with Gasteiger partial charge >= 0.3 is 12.1 Å². The fraction of sp³-hybridized carbons (Fsp3) is 0.407. The molecule has 2 aromatic carbocycles. The number of aliphatic carboxylic acids is 1. The fourth-order valence-electron chi connectivity index (χ4n) is 4.90. The minimum atomic E-state index is -1.18. The van der Waals surface area contributed by atoms with Crippen molar-refractivity contribution in [3.8, 4) is 0 Å². The second-order valence-electron chi connectivity index (χ2n) is 9.77. The number of aromatic nitrogens is 2. The van der Waals surface area contributed by atoms with Crippen LogP contribution < -0.4 is 0 Å². The van der Waals surface area contributed by atoms with Gasteiger partial charge in [0, 0.05) is 26.2 Å². The summed E-state index contributed by atoms with van der Waals surface area (Å²) in [6.07, 6.45) is -0.275. The number of imidazole rings is 1. The second-order valence-corrected chi connectivity index (χ2v) is 9.77. The summed E-state index contributed by atoms with van der Waals surface area (Å²) in [7, 11) is 0. The molecule has 0 spiro atoms. The maximum atomic E-state index is 14.1. The second kappa shape index (κ2) is 10.8. The fourth-order valence-corrected chi connectivity index (χ4v) is 4.90. The average Bonchev–Trinajstić information content (AvgIpc) is 3.24. The van der Waals surface area contributed by atoms with Crippen LogP contribution in [-0.4, -0.2) is 73.2 Å². The first-order chi connectivity index (χ1) is 17.2. The molecule has 3 aromatic rings. The van der Waals surface area contributed by atoms with E-state index in [1.807, 2.05) is 73.0 Å². The molecule has 1 saturated heterocycles. The highest BCUT2D eigenvalue weighted by molar-refractivity contribution is 5.95. The summed E-state index contributed by atoms with van der Waals surface area (Å²) < 4.78 is 1.92. The third kappa shape index (κ3) is 5.50. The van der Waals surface area contributed by atoms with Crippen LogP contribution in [0.15, 0.2) is 54.6 Å². The minimum absolute atomic E-state index is 0.0712. The molecule has 0 unspecified atom stereocenters. The summed E-state index contributed by atoms with van der Waals surface area (Å²) in [4.78, 5) is 45.0. The van der Waals surface area contributed by atoms with E-state index in [9.17, 15) is 24.6 Å². The van der Waals surface area contributed by atoms with E-state index in [0.29, 0.717) is 25.0 Å². The van der Waals surface area contributed by atoms with E-state index in [1.54, 1.807) is 4.90 Å². The molecule has 2 heterocycles. The van der Waals surface area contributed by atoms with Crippen LogP contribution in [0.1, 0.15) is 36.5 Å². The largest absolute Gasteiger partial charge is 0.481 e. The van der Waals surface area contributed by atoms with Crippen molar-refractivity contribution in [3.05, 3.63) is 66.0 Å². The van der Waals surface area contributed by atoms with Gasteiger partial charge in [0.15, 0.2) is 5.82 Å². The summed E-state index contributed by atoms with van der Waals surface area (Å²) >= 11 is 0. The molecular weight excluding hydrogens is 460 g/mol. The van der Waals surface area contributed by atoms with E-state index in [2.05, 4.69) is 4.98 Å². The van der Waals surface area contributed by atoms with Crippen LogP contribution in [0.3, 0.4) is 0 Å². The van der Waals surface area contributed by atoms with Gasteiger partial charge in [0.05, 0.1) is 23.0 Å². The minimum Gasteiger partial charge on any atom is -0.481 e. The maximum Gasteiger partial charge on any atom is 0.407 e. The molecule has 0 saturated carbocycles. The molecule has 190 valence electrons. The Bertz CT molecular complexity index is 1220. The van der Waals surface area contributed by atoms with Crippen LogP contribution in [-0.2, 0) is 17.8 Å². The molecule has 1 fully saturated rings. The molecule has 0 aliphatic carbocycles. The number of rotatable bonds is 8. The van der Waals surface area contributed by atoms with E-state index in [1.165, 1.54) is 0 Å². The molecule has 4 rings (SSSR count). The normalized spacial score (nSPS) is 17.9. The standard InChI is InChI=1S/C27H32N4O5/c1-18(2)15-31(21-14-20(26(33)34)16-29(17-21)27(35)36)25(32)24-28-22-10-6-7-11-23(22)30(24)13-12-19-8-4-3-5-9-19/h3-11,18,20-21H,12-17H2,1-2H3,(H,33,34)(H,35,36)/t20-,21+/m1/s1. The van der Waals surface area contributed by atoms with Crippen molar-refractivity contribution in [2.24, 2.45) is 11.8 Å². The number of piperidine rings is 1. The molecule has 2 N–H and O–H groups in total. The number of carboxylic acids is 1. The number of amides is 2. The Morgan fingerprint density at radius 3 is 2.39 bits per heavy atom. The molecule has 1 aliphatic rings. The van der Waals surface area contributed by atoms with Crippen LogP contribution in [0.5, 0.6) is 0 Å². The first-order valence-electron chi connectivity index (χ1n) is 12.3. The molecule has 36 heavy (non-hydrogen) atoms. The predicted octanol–water partition coefficient (Wildman–Crippen LogP) is 3.83. The molecule has 0 bridgehead atoms. The first-order valence-corrected chi connectivity index (χ1v) is 12.3. The Morgan fingerprint density at radius 2 is 1.72 bits per heavy atom. The SMILES string of the molecule is CC(C)CN(C(=O)c1nc2ccccc2n1CCc1ccccc1)[C@H]1C[C@@H](C(=O)O)CN(C(=O)O)C1. The lowest BCUT2D eigenvalue weighted by atomic mass is 9.92. The van der Waals surface area contributed by atoms with Gasteiger partial charge in [0.2, 0.25) is 0 Å². The zero-order valence-corrected chi connectivity index (χ0v) is 20.6. The molecule has 9 heteroatoms. The first kappa shape index (κ1) is 25.2. The van der Waals surface area contributed by atoms with Gasteiger partial charge in [-0.15, -0.1) is 0 Å². The lowest BCUT2D eigenvalue weighted by molar-refractivity contribution is -0.144. The monoisotopic (exact) mass is 492 g/mol. The van der Waals surface area contributed by atoms with Crippen LogP contribution in [0, 0.1) is 11.8 Å². The Kier molecular flexibility index (Phi) is 7.57. The summed E-state index contributed by atoms with van der Waals surface area (Å²) in [5.41, 5.74) is 2.69. The van der Waals surface area contributed by atoms with Crippen LogP contribution in [0.2, 0.25) is 0 Å². The van der Waals surface area contributed by atoms with Crippen molar-refractivity contribution in [1.82, 2.24) is 19.4 Å². The topological polar surface area (TPSA) is 116 Å². The van der Waals surface area contributed by atoms with Gasteiger partial charge in [-0.05, 0) is 36.5 Å². The van der Waals surface area contributed by atoms with Gasteiger partial charge in [0.1, 0.15) is 0 Å². The molecule has 2 amide bonds. The molecule has 1 aliphatic heterocycles. The van der Waals surface area contributed by atoms with E-state index in [-0.39, 0.29) is 37.2 Å². The highest BCUT2D eigenvalue weighted by Gasteiger charge is 2.39. The van der Waals surface area contributed by atoms with Crippen molar-refractivity contribution >= 4 is 29.0 Å². The summed E-state index contributed by atoms with van der Waals surface area (Å²) in [6.45, 7) is 4.86. The number of hydrogen-bond donors (Lipinski definition) is 2. The molecule has 2 atom stereocenters. The number of benzene rings is 2. The zero-order chi connectivity index (χ0) is 25.8. The lowest BCUT2D eigenvalue weighted by Crippen LogP contribution is -2.56. The molecule has 9 nitrogen and oxygen atoms in total. The third-order valence-electron chi connectivity index (χ3n) is 6.62. The summed E-state index contributed by atoms with van der Waals surface area (Å²) in [5.74, 6) is -1.86. The van der Waals surface area contributed by atoms with E-state index >= 15 is 0 Å². The van der Waals surface area contributed by atoms with Crippen molar-refractivity contribution in [2.45, 2.75) is 39.3 Å². The van der Waals surface area contributed by atoms with Crippen molar-refractivity contribution in [3.63, 3.8) is 0 Å². The molecule has 1 aromatic heterocycles. The number of hydrogen-bond acceptors (Lipinski definition) is 4. The van der Waals surface area contributed by atoms with Gasteiger partial charge in [0.25, 0.3) is 5.91 Å². The summed E-state index contributed by atoms with van der Waals surface area (Å²) in [5, 5.41) is 19.3. The number of nitrogens with zero attached hydrogens (tertiary/aromatic N) is 4. The maximum absolute atomic E-state index is 14.1. The number of aryl methyl sites for hydroxylation is 2. The Morgan fingerprint density at radius 1 is 1.03 bits per heavy atom. The summed E-state index contributed by atoms with van der Waals surface area (Å²) in [6, 6.07) is 17.0. The van der Waals surface area contributed by atoms with Gasteiger partial charge < -0.3 is 24.6 Å². The highest BCUT2D eigenvalue weighted by atomic mass is 16.4. The van der Waals surface area contributed by atoms with Gasteiger partial charge in [-0.2, -0.15) is 0 Å². The van der Waals surface area contributed by atoms with Crippen LogP contribution in [0.4, 0.5) is 4.79 Å². The van der Waals surface area contributed by atoms with Gasteiger partial charge in [-0.3, -0.25) is 9.59 Å². The number of fused-ring (bicyclic) bond motifs is 1. The number of carbonyl (C=O) groups excluding carboxylic acids is 1. The quantitative estimate of drug-likeness (QED) is 0.494. The van der Waals surface area contributed by atoms with Crippen molar-refractivity contribution in [2.75, 3.05) is 19.6 Å². The zero-order valence-electron chi connectivity index (χ0n) is 20.6. The Balaban J connectivity index is 1.70. The predicted molar refractivity (Wildman–Crippen MR) is 135 cm³/mol. The number of para-hydroxylation sites is 2. The van der Waals surface area contributed by atoms with E-state index in [0.717, 1.165) is 16.0 Å². The molecule has 0 radical (unpaired) electrons. The van der Waals surface area contributed by atoms with Crippen LogP contribution >= 0.6 is 0 Å².